The molecular formula is C13H19N3O. The van der Waals surface area contributed by atoms with Crippen molar-refractivity contribution in [3.63, 3.8) is 0 Å². The molecule has 0 aliphatic carbocycles. The van der Waals surface area contributed by atoms with E-state index in [1.807, 2.05) is 30.1 Å². The Labute approximate surface area is 102 Å². The van der Waals surface area contributed by atoms with Gasteiger partial charge in [-0.1, -0.05) is 6.92 Å². The Morgan fingerprint density at radius 3 is 2.65 bits per heavy atom. The molecule has 1 N–H and O–H groups in total. The van der Waals surface area contributed by atoms with Gasteiger partial charge in [0.05, 0.1) is 12.7 Å². The van der Waals surface area contributed by atoms with E-state index in [1.54, 1.807) is 0 Å². The van der Waals surface area contributed by atoms with Crippen LogP contribution in [-0.4, -0.2) is 9.78 Å². The molecule has 0 aliphatic heterocycles. The maximum atomic E-state index is 5.62. The Hall–Kier alpha value is -1.55. The molecule has 17 heavy (non-hydrogen) atoms. The first-order valence-corrected chi connectivity index (χ1v) is 5.96. The summed E-state index contributed by atoms with van der Waals surface area (Å²) >= 11 is 0. The number of aryl methyl sites for hydroxylation is 2. The van der Waals surface area contributed by atoms with Crippen molar-refractivity contribution in [3.05, 3.63) is 41.1 Å². The lowest BCUT2D eigenvalue weighted by molar-refractivity contribution is 0.450. The second-order valence-electron chi connectivity index (χ2n) is 4.20. The Bertz CT molecular complexity index is 485. The molecule has 0 aromatic carbocycles. The summed E-state index contributed by atoms with van der Waals surface area (Å²) in [5.41, 5.74) is 2.43. The van der Waals surface area contributed by atoms with E-state index in [1.165, 1.54) is 11.3 Å². The molecule has 0 bridgehead atoms. The van der Waals surface area contributed by atoms with Crippen LogP contribution in [0.2, 0.25) is 0 Å². The Morgan fingerprint density at radius 2 is 2.06 bits per heavy atom. The van der Waals surface area contributed by atoms with E-state index in [-0.39, 0.29) is 0 Å². The number of aromatic nitrogens is 2. The predicted molar refractivity (Wildman–Crippen MR) is 66.6 cm³/mol. The van der Waals surface area contributed by atoms with Crippen molar-refractivity contribution < 1.29 is 4.42 Å². The molecule has 2 heterocycles. The monoisotopic (exact) mass is 233 g/mol. The summed E-state index contributed by atoms with van der Waals surface area (Å²) in [6.45, 7) is 5.75. The molecule has 4 heteroatoms. The number of hydrogen-bond donors (Lipinski definition) is 1. The second-order valence-corrected chi connectivity index (χ2v) is 4.20. The average Bonchev–Trinajstić information content (AvgIpc) is 2.90. The standard InChI is InChI=1S/C13H19N3O/c1-4-12-5-6-13(17-12)9-14-7-11-8-15-16(3)10(11)2/h5-6,8,14H,4,7,9H2,1-3H3. The lowest BCUT2D eigenvalue weighted by Crippen LogP contribution is -2.12. The van der Waals surface area contributed by atoms with Crippen LogP contribution in [0.5, 0.6) is 0 Å². The summed E-state index contributed by atoms with van der Waals surface area (Å²) in [6, 6.07) is 4.06. The van der Waals surface area contributed by atoms with Gasteiger partial charge in [0.25, 0.3) is 0 Å². The molecule has 4 nitrogen and oxygen atoms in total. The normalized spacial score (nSPS) is 11.0. The highest BCUT2D eigenvalue weighted by Gasteiger charge is 2.04. The fourth-order valence-corrected chi connectivity index (χ4v) is 1.75. The highest BCUT2D eigenvalue weighted by molar-refractivity contribution is 5.15. The number of hydrogen-bond acceptors (Lipinski definition) is 3. The number of nitrogens with zero attached hydrogens (tertiary/aromatic N) is 2. The third kappa shape index (κ3) is 2.77. The molecule has 0 saturated heterocycles. The molecule has 0 radical (unpaired) electrons. The number of nitrogens with one attached hydrogen (secondary N) is 1. The van der Waals surface area contributed by atoms with Crippen LogP contribution in [0.4, 0.5) is 0 Å². The fourth-order valence-electron chi connectivity index (χ4n) is 1.75. The minimum absolute atomic E-state index is 0.758. The smallest absolute Gasteiger partial charge is 0.117 e. The van der Waals surface area contributed by atoms with Crippen LogP contribution in [0, 0.1) is 6.92 Å². The van der Waals surface area contributed by atoms with Crippen LogP contribution in [0.3, 0.4) is 0 Å². The molecule has 0 atom stereocenters. The summed E-state index contributed by atoms with van der Waals surface area (Å²) in [7, 11) is 1.96. The molecule has 2 aromatic heterocycles. The topological polar surface area (TPSA) is 43.0 Å². The van der Waals surface area contributed by atoms with Crippen molar-refractivity contribution in [1.82, 2.24) is 15.1 Å². The van der Waals surface area contributed by atoms with Crippen molar-refractivity contribution in [3.8, 4) is 0 Å². The van der Waals surface area contributed by atoms with Crippen molar-refractivity contribution >= 4 is 0 Å². The predicted octanol–water partition coefficient (Wildman–Crippen LogP) is 2.17. The number of furan rings is 1. The Balaban J connectivity index is 1.85. The van der Waals surface area contributed by atoms with Crippen molar-refractivity contribution in [2.24, 2.45) is 7.05 Å². The Kier molecular flexibility index (Phi) is 3.64. The van der Waals surface area contributed by atoms with Gasteiger partial charge in [-0.25, -0.2) is 0 Å². The third-order valence-corrected chi connectivity index (χ3v) is 3.02. The molecule has 0 amide bonds. The molecule has 2 rings (SSSR count). The van der Waals surface area contributed by atoms with Gasteiger partial charge in [-0.05, 0) is 19.1 Å². The maximum Gasteiger partial charge on any atom is 0.117 e. The van der Waals surface area contributed by atoms with Gasteiger partial charge in [0, 0.05) is 31.3 Å². The third-order valence-electron chi connectivity index (χ3n) is 3.02. The van der Waals surface area contributed by atoms with E-state index in [4.69, 9.17) is 4.42 Å². The van der Waals surface area contributed by atoms with Crippen LogP contribution in [0.15, 0.2) is 22.7 Å². The summed E-state index contributed by atoms with van der Waals surface area (Å²) in [4.78, 5) is 0. The van der Waals surface area contributed by atoms with E-state index in [9.17, 15) is 0 Å². The van der Waals surface area contributed by atoms with Crippen LogP contribution in [-0.2, 0) is 26.6 Å². The lowest BCUT2D eigenvalue weighted by atomic mass is 10.2. The van der Waals surface area contributed by atoms with Gasteiger partial charge in [-0.3, -0.25) is 4.68 Å². The Morgan fingerprint density at radius 1 is 1.29 bits per heavy atom. The SMILES string of the molecule is CCc1ccc(CNCc2cnn(C)c2C)o1. The molecule has 0 unspecified atom stereocenters. The molecule has 0 spiro atoms. The minimum Gasteiger partial charge on any atom is -0.465 e. The number of rotatable bonds is 5. The molecule has 2 aromatic rings. The van der Waals surface area contributed by atoms with Gasteiger partial charge < -0.3 is 9.73 Å². The summed E-state index contributed by atoms with van der Waals surface area (Å²) in [5.74, 6) is 2.03. The van der Waals surface area contributed by atoms with E-state index >= 15 is 0 Å². The van der Waals surface area contributed by atoms with Gasteiger partial charge in [0.2, 0.25) is 0 Å². The minimum atomic E-state index is 0.758. The van der Waals surface area contributed by atoms with Crippen molar-refractivity contribution in [2.45, 2.75) is 33.4 Å². The zero-order chi connectivity index (χ0) is 12.3. The summed E-state index contributed by atoms with van der Waals surface area (Å²) in [5, 5.41) is 7.57. The van der Waals surface area contributed by atoms with Crippen molar-refractivity contribution in [2.75, 3.05) is 0 Å². The van der Waals surface area contributed by atoms with Crippen LogP contribution < -0.4 is 5.32 Å². The molecule has 0 aliphatic rings. The fraction of sp³-hybridized carbons (Fsp3) is 0.462. The lowest BCUT2D eigenvalue weighted by Gasteiger charge is -2.02. The first kappa shape index (κ1) is 11.9. The second kappa shape index (κ2) is 5.19. The van der Waals surface area contributed by atoms with Crippen LogP contribution in [0.25, 0.3) is 0 Å². The highest BCUT2D eigenvalue weighted by Crippen LogP contribution is 2.09. The molecule has 92 valence electrons. The zero-order valence-electron chi connectivity index (χ0n) is 10.7. The van der Waals surface area contributed by atoms with E-state index in [0.717, 1.165) is 31.0 Å². The summed E-state index contributed by atoms with van der Waals surface area (Å²) < 4.78 is 7.51. The first-order chi connectivity index (χ1) is 8.20. The quantitative estimate of drug-likeness (QED) is 0.860. The average molecular weight is 233 g/mol. The van der Waals surface area contributed by atoms with E-state index < -0.39 is 0 Å². The highest BCUT2D eigenvalue weighted by atomic mass is 16.3. The van der Waals surface area contributed by atoms with Crippen molar-refractivity contribution in [1.29, 1.82) is 0 Å². The van der Waals surface area contributed by atoms with Crippen LogP contribution in [0.1, 0.15) is 29.7 Å². The summed E-state index contributed by atoms with van der Waals surface area (Å²) in [6.07, 6.45) is 2.85. The molecule has 0 saturated carbocycles. The maximum absolute atomic E-state index is 5.62. The van der Waals surface area contributed by atoms with E-state index in [0.29, 0.717) is 0 Å². The molecular weight excluding hydrogens is 214 g/mol. The zero-order valence-corrected chi connectivity index (χ0v) is 10.7. The van der Waals surface area contributed by atoms with E-state index in [2.05, 4.69) is 24.3 Å². The van der Waals surface area contributed by atoms with Crippen LogP contribution >= 0.6 is 0 Å². The van der Waals surface area contributed by atoms with Gasteiger partial charge in [-0.2, -0.15) is 5.10 Å². The van der Waals surface area contributed by atoms with Gasteiger partial charge >= 0.3 is 0 Å². The van der Waals surface area contributed by atoms with Gasteiger partial charge in [-0.15, -0.1) is 0 Å². The first-order valence-electron chi connectivity index (χ1n) is 5.96. The largest absolute Gasteiger partial charge is 0.465 e. The van der Waals surface area contributed by atoms with Gasteiger partial charge in [0.1, 0.15) is 11.5 Å². The molecule has 0 fully saturated rings. The van der Waals surface area contributed by atoms with Gasteiger partial charge in [0.15, 0.2) is 0 Å².